The fraction of sp³-hybridized carbons (Fsp3) is 0.611. The molecule has 3 rings (SSSR count). The van der Waals surface area contributed by atoms with E-state index in [4.69, 9.17) is 9.47 Å². The van der Waals surface area contributed by atoms with Crippen molar-refractivity contribution in [1.29, 1.82) is 5.26 Å². The zero-order chi connectivity index (χ0) is 16.1. The molecule has 0 amide bonds. The van der Waals surface area contributed by atoms with Gasteiger partial charge in [0.15, 0.2) is 11.5 Å². The number of hydrogen-bond donors (Lipinski definition) is 0. The Bertz CT molecular complexity index is 561. The van der Waals surface area contributed by atoms with Crippen molar-refractivity contribution in [3.63, 3.8) is 0 Å². The summed E-state index contributed by atoms with van der Waals surface area (Å²) >= 11 is 1.96. The number of ether oxygens (including phenoxy) is 2. The number of rotatable bonds is 5. The number of thioether (sulfide) groups is 1. The second kappa shape index (κ2) is 7.94. The molecule has 4 nitrogen and oxygen atoms in total. The van der Waals surface area contributed by atoms with Crippen LogP contribution in [0.4, 0.5) is 0 Å². The maximum absolute atomic E-state index is 9.66. The van der Waals surface area contributed by atoms with Gasteiger partial charge in [-0.2, -0.15) is 17.0 Å². The molecule has 2 fully saturated rings. The van der Waals surface area contributed by atoms with Crippen LogP contribution in [-0.4, -0.2) is 42.7 Å². The number of nitrogens with zero attached hydrogens (tertiary/aromatic N) is 2. The van der Waals surface area contributed by atoms with Crippen molar-refractivity contribution in [3.8, 4) is 17.6 Å². The SMILES string of the molecule is COc1ccc(C(C#N)N2CCSCC2)cc1OC1CCCC1. The smallest absolute Gasteiger partial charge is 0.161 e. The van der Waals surface area contributed by atoms with Crippen LogP contribution in [0, 0.1) is 11.3 Å². The monoisotopic (exact) mass is 332 g/mol. The normalized spacial score (nSPS) is 20.9. The van der Waals surface area contributed by atoms with E-state index >= 15 is 0 Å². The molecule has 0 radical (unpaired) electrons. The number of benzene rings is 1. The summed E-state index contributed by atoms with van der Waals surface area (Å²) < 4.78 is 11.6. The Morgan fingerprint density at radius 2 is 1.96 bits per heavy atom. The van der Waals surface area contributed by atoms with Gasteiger partial charge in [0, 0.05) is 24.6 Å². The lowest BCUT2D eigenvalue weighted by Crippen LogP contribution is -2.35. The van der Waals surface area contributed by atoms with Crippen LogP contribution in [-0.2, 0) is 0 Å². The van der Waals surface area contributed by atoms with Gasteiger partial charge in [0.2, 0.25) is 0 Å². The van der Waals surface area contributed by atoms with E-state index in [1.54, 1.807) is 7.11 Å². The first-order valence-electron chi connectivity index (χ1n) is 8.38. The summed E-state index contributed by atoms with van der Waals surface area (Å²) in [6.45, 7) is 1.93. The Hall–Kier alpha value is -1.38. The zero-order valence-corrected chi connectivity index (χ0v) is 14.5. The van der Waals surface area contributed by atoms with E-state index in [1.165, 1.54) is 12.8 Å². The molecular weight excluding hydrogens is 308 g/mol. The molecule has 2 aliphatic rings. The summed E-state index contributed by atoms with van der Waals surface area (Å²) in [6, 6.07) is 8.20. The summed E-state index contributed by atoms with van der Waals surface area (Å²) in [6.07, 6.45) is 4.97. The summed E-state index contributed by atoms with van der Waals surface area (Å²) in [5, 5.41) is 9.66. The van der Waals surface area contributed by atoms with Crippen LogP contribution in [0.2, 0.25) is 0 Å². The molecule has 0 aromatic heterocycles. The molecule has 0 spiro atoms. The highest BCUT2D eigenvalue weighted by atomic mass is 32.2. The number of hydrogen-bond acceptors (Lipinski definition) is 5. The standard InChI is InChI=1S/C18H24N2O2S/c1-21-17-7-6-14(12-18(17)22-15-4-2-3-5-15)16(13-19)20-8-10-23-11-9-20/h6-7,12,15-16H,2-5,8-11H2,1H3. The molecule has 1 saturated carbocycles. The van der Waals surface area contributed by atoms with Crippen molar-refractivity contribution in [1.82, 2.24) is 4.90 Å². The predicted molar refractivity (Wildman–Crippen MR) is 93.1 cm³/mol. The van der Waals surface area contributed by atoms with E-state index in [0.717, 1.165) is 54.5 Å². The second-order valence-corrected chi connectivity index (χ2v) is 7.34. The van der Waals surface area contributed by atoms with Crippen LogP contribution in [0.1, 0.15) is 37.3 Å². The number of methoxy groups -OCH3 is 1. The van der Waals surface area contributed by atoms with Crippen LogP contribution in [0.5, 0.6) is 11.5 Å². The summed E-state index contributed by atoms with van der Waals surface area (Å²) in [7, 11) is 1.67. The maximum atomic E-state index is 9.66. The van der Waals surface area contributed by atoms with E-state index in [9.17, 15) is 5.26 Å². The van der Waals surface area contributed by atoms with Gasteiger partial charge in [-0.05, 0) is 43.4 Å². The van der Waals surface area contributed by atoms with Gasteiger partial charge in [-0.25, -0.2) is 0 Å². The van der Waals surface area contributed by atoms with Crippen LogP contribution < -0.4 is 9.47 Å². The molecule has 1 heterocycles. The highest BCUT2D eigenvalue weighted by Gasteiger charge is 2.24. The molecular formula is C18H24N2O2S. The molecule has 1 aromatic rings. The van der Waals surface area contributed by atoms with E-state index in [0.29, 0.717) is 0 Å². The lowest BCUT2D eigenvalue weighted by molar-refractivity contribution is 0.199. The van der Waals surface area contributed by atoms with Gasteiger partial charge in [-0.1, -0.05) is 6.07 Å². The van der Waals surface area contributed by atoms with Crippen molar-refractivity contribution in [2.24, 2.45) is 0 Å². The van der Waals surface area contributed by atoms with Gasteiger partial charge in [0.1, 0.15) is 6.04 Å². The molecule has 1 unspecified atom stereocenters. The van der Waals surface area contributed by atoms with Crippen LogP contribution >= 0.6 is 11.8 Å². The highest BCUT2D eigenvalue weighted by molar-refractivity contribution is 7.99. The molecule has 1 aromatic carbocycles. The minimum absolute atomic E-state index is 0.201. The van der Waals surface area contributed by atoms with Gasteiger partial charge in [0.25, 0.3) is 0 Å². The summed E-state index contributed by atoms with van der Waals surface area (Å²) in [4.78, 5) is 2.26. The third-order valence-corrected chi connectivity index (χ3v) is 5.57. The van der Waals surface area contributed by atoms with Gasteiger partial charge in [-0.3, -0.25) is 4.90 Å². The Kier molecular flexibility index (Phi) is 5.69. The lowest BCUT2D eigenvalue weighted by Gasteiger charge is -2.30. The average Bonchev–Trinajstić information content (AvgIpc) is 3.10. The van der Waals surface area contributed by atoms with Crippen molar-refractivity contribution < 1.29 is 9.47 Å². The fourth-order valence-corrected chi connectivity index (χ4v) is 4.28. The van der Waals surface area contributed by atoms with Crippen LogP contribution in [0.3, 0.4) is 0 Å². The summed E-state index contributed by atoms with van der Waals surface area (Å²) in [5.41, 5.74) is 1.01. The Balaban J connectivity index is 1.81. The van der Waals surface area contributed by atoms with E-state index < -0.39 is 0 Å². The largest absolute Gasteiger partial charge is 0.493 e. The van der Waals surface area contributed by atoms with Crippen molar-refractivity contribution in [3.05, 3.63) is 23.8 Å². The van der Waals surface area contributed by atoms with Gasteiger partial charge < -0.3 is 9.47 Å². The first-order valence-corrected chi connectivity index (χ1v) is 9.53. The molecule has 5 heteroatoms. The quantitative estimate of drug-likeness (QED) is 0.824. The van der Waals surface area contributed by atoms with E-state index in [1.807, 2.05) is 30.0 Å². The molecule has 0 bridgehead atoms. The number of nitriles is 1. The maximum Gasteiger partial charge on any atom is 0.161 e. The Morgan fingerprint density at radius 1 is 1.22 bits per heavy atom. The van der Waals surface area contributed by atoms with Crippen molar-refractivity contribution in [2.45, 2.75) is 37.8 Å². The molecule has 1 saturated heterocycles. The van der Waals surface area contributed by atoms with Crippen molar-refractivity contribution in [2.75, 3.05) is 31.7 Å². The molecule has 1 aliphatic heterocycles. The highest BCUT2D eigenvalue weighted by Crippen LogP contribution is 2.35. The molecule has 1 atom stereocenters. The van der Waals surface area contributed by atoms with Crippen LogP contribution in [0.15, 0.2) is 18.2 Å². The molecule has 23 heavy (non-hydrogen) atoms. The molecule has 0 N–H and O–H groups in total. The lowest BCUT2D eigenvalue weighted by atomic mass is 10.1. The second-order valence-electron chi connectivity index (χ2n) is 6.11. The summed E-state index contributed by atoms with van der Waals surface area (Å²) in [5.74, 6) is 3.73. The molecule has 124 valence electrons. The minimum Gasteiger partial charge on any atom is -0.493 e. The van der Waals surface area contributed by atoms with Crippen molar-refractivity contribution >= 4 is 11.8 Å². The average molecular weight is 332 g/mol. The minimum atomic E-state index is -0.201. The topological polar surface area (TPSA) is 45.5 Å². The first kappa shape index (κ1) is 16.5. The zero-order valence-electron chi connectivity index (χ0n) is 13.7. The van der Waals surface area contributed by atoms with Gasteiger partial charge >= 0.3 is 0 Å². The Morgan fingerprint density at radius 3 is 2.61 bits per heavy atom. The third kappa shape index (κ3) is 3.94. The fourth-order valence-electron chi connectivity index (χ4n) is 3.34. The molecule has 1 aliphatic carbocycles. The Labute approximate surface area is 142 Å². The van der Waals surface area contributed by atoms with E-state index in [2.05, 4.69) is 11.0 Å². The predicted octanol–water partition coefficient (Wildman–Crippen LogP) is 3.63. The van der Waals surface area contributed by atoms with Gasteiger partial charge in [0.05, 0.1) is 19.3 Å². The van der Waals surface area contributed by atoms with Crippen LogP contribution in [0.25, 0.3) is 0 Å². The third-order valence-electron chi connectivity index (χ3n) is 4.63. The van der Waals surface area contributed by atoms with Gasteiger partial charge in [-0.15, -0.1) is 0 Å². The van der Waals surface area contributed by atoms with E-state index in [-0.39, 0.29) is 12.1 Å². The first-order chi connectivity index (χ1) is 11.3.